The number of hydrogen-bond donors (Lipinski definition) is 2. The van der Waals surface area contributed by atoms with E-state index in [1.165, 1.54) is 97.1 Å². The van der Waals surface area contributed by atoms with Crippen molar-refractivity contribution in [2.75, 3.05) is 26.3 Å². The molecule has 24 heteroatoms. The van der Waals surface area contributed by atoms with Crippen LogP contribution < -0.4 is 29.6 Å². The van der Waals surface area contributed by atoms with Crippen LogP contribution in [-0.2, 0) is 28.7 Å². The zero-order chi connectivity index (χ0) is 70.0. The van der Waals surface area contributed by atoms with Crippen LogP contribution in [0, 0.1) is 57.2 Å². The van der Waals surface area contributed by atoms with E-state index in [-0.39, 0.29) is 185 Å². The van der Waals surface area contributed by atoms with Crippen LogP contribution in [0.5, 0.6) is 46.0 Å². The van der Waals surface area contributed by atoms with Crippen molar-refractivity contribution in [3.05, 3.63) is 189 Å². The number of benzene rings is 9. The smallest absolute Gasteiger partial charge is 0.349 e. The maximum absolute atomic E-state index is 16.1. The van der Waals surface area contributed by atoms with Gasteiger partial charge in [-0.15, -0.1) is 0 Å². The van der Waals surface area contributed by atoms with E-state index in [4.69, 9.17) is 51.6 Å². The van der Waals surface area contributed by atoms with Crippen LogP contribution >= 0.6 is 23.2 Å². The minimum absolute atomic E-state index is 0.0242. The van der Waals surface area contributed by atoms with Crippen molar-refractivity contribution in [3.8, 4) is 70.3 Å². The number of halogens is 2. The van der Waals surface area contributed by atoms with Crippen molar-refractivity contribution in [1.29, 1.82) is 21.0 Å². The Morgan fingerprint density at radius 2 is 0.694 bits per heavy atom. The molecule has 9 aromatic carbocycles. The molecular formula is C74H54Cl2N8O14. The van der Waals surface area contributed by atoms with Gasteiger partial charge in [-0.25, -0.2) is 9.59 Å². The number of carbonyl (C=O) groups is 8. The van der Waals surface area contributed by atoms with Crippen LogP contribution in [0.4, 0.5) is 0 Å². The highest BCUT2D eigenvalue weighted by molar-refractivity contribution is 6.45. The standard InChI is InChI=1S/C74H54Cl2N8O14/c1-37(2)23-53(67(85)81-19-21-93-73(91)39(5)75)83-69(87)49-29-55(95-45-15-7-11-41(25-45)33-77)61-63-57(97-47-17-9-13-43(27-47)35-79)31-51-60-52(72(90)84(71(51)89)54(24-38(3)4)68(86)82-20-22-94-74(92)40(6)76)32-58(98-48-18-10-14-44(28-48)36-80)64(66(60)63)62-56(30-50(70(83)88)59(49)65(61)62)96-46-16-8-12-42(26-46)34-78/h7-18,25-32,37-38,53-54H,5-6,19-24H2,1-4H3,(H,81,85)(H,82,86). The fourth-order valence-corrected chi connectivity index (χ4v) is 12.1. The van der Waals surface area contributed by atoms with Gasteiger partial charge < -0.3 is 39.1 Å². The Morgan fingerprint density at radius 3 is 0.929 bits per heavy atom. The third-order valence-corrected chi connectivity index (χ3v) is 16.4. The zero-order valence-electron chi connectivity index (χ0n) is 52.7. The minimum atomic E-state index is -1.54. The van der Waals surface area contributed by atoms with Crippen molar-refractivity contribution >= 4 is 114 Å². The number of hydrogen-bond acceptors (Lipinski definition) is 18. The molecule has 0 radical (unpaired) electrons. The average Bonchev–Trinajstić information content (AvgIpc) is 0.672. The van der Waals surface area contributed by atoms with Gasteiger partial charge in [0, 0.05) is 43.1 Å². The number of carbonyl (C=O) groups excluding carboxylic acids is 8. The molecule has 22 nitrogen and oxygen atoms in total. The summed E-state index contributed by atoms with van der Waals surface area (Å²) >= 11 is 11.5. The lowest BCUT2D eigenvalue weighted by atomic mass is 9.80. The van der Waals surface area contributed by atoms with Crippen molar-refractivity contribution in [2.24, 2.45) is 11.8 Å². The normalized spacial score (nSPS) is 13.0. The predicted molar refractivity (Wildman–Crippen MR) is 358 cm³/mol. The Labute approximate surface area is 569 Å². The highest BCUT2D eigenvalue weighted by Crippen LogP contribution is 2.58. The Kier molecular flexibility index (Phi) is 19.1. The van der Waals surface area contributed by atoms with Crippen LogP contribution in [0.15, 0.2) is 145 Å². The monoisotopic (exact) mass is 1350 g/mol. The maximum Gasteiger partial charge on any atom is 0.349 e. The van der Waals surface area contributed by atoms with E-state index >= 15 is 19.2 Å². The number of nitrogens with zero attached hydrogens (tertiary/aromatic N) is 6. The van der Waals surface area contributed by atoms with Gasteiger partial charge in [-0.2, -0.15) is 21.0 Å². The molecule has 0 bridgehead atoms. The summed E-state index contributed by atoms with van der Waals surface area (Å²) in [6.45, 7) is 12.5. The number of nitriles is 4. The number of nitrogens with one attached hydrogen (secondary N) is 2. The molecular weight excluding hydrogens is 1300 g/mol. The second kappa shape index (κ2) is 27.9. The molecule has 9 aromatic rings. The number of fused-ring (bicyclic) bond motifs is 2. The quantitative estimate of drug-likeness (QED) is 0.0142. The van der Waals surface area contributed by atoms with E-state index in [0.29, 0.717) is 0 Å². The molecule has 0 saturated heterocycles. The number of esters is 2. The van der Waals surface area contributed by atoms with Gasteiger partial charge in [0.05, 0.1) is 81.9 Å². The van der Waals surface area contributed by atoms with Crippen LogP contribution in [-0.4, -0.2) is 95.6 Å². The van der Waals surface area contributed by atoms with E-state index in [1.54, 1.807) is 52.0 Å². The fraction of sp³-hybridized carbons (Fsp3) is 0.189. The molecule has 98 heavy (non-hydrogen) atoms. The second-order valence-corrected chi connectivity index (χ2v) is 24.5. The summed E-state index contributed by atoms with van der Waals surface area (Å²) in [5, 5.41) is 45.6. The van der Waals surface area contributed by atoms with E-state index in [0.717, 1.165) is 9.80 Å². The Morgan fingerprint density at radius 1 is 0.429 bits per heavy atom. The van der Waals surface area contributed by atoms with Crippen LogP contribution in [0.2, 0.25) is 0 Å². The number of imide groups is 2. The molecule has 2 aliphatic heterocycles. The molecule has 2 heterocycles. The van der Waals surface area contributed by atoms with E-state index in [1.807, 2.05) is 0 Å². The first-order chi connectivity index (χ1) is 47.0. The first-order valence-electron chi connectivity index (χ1n) is 30.5. The summed E-state index contributed by atoms with van der Waals surface area (Å²) in [6, 6.07) is 34.9. The molecule has 2 N–H and O–H groups in total. The Balaban J connectivity index is 1.30. The summed E-state index contributed by atoms with van der Waals surface area (Å²) < 4.78 is 38.1. The summed E-state index contributed by atoms with van der Waals surface area (Å²) in [5.74, 6) is -8.67. The highest BCUT2D eigenvalue weighted by atomic mass is 35.5. The van der Waals surface area contributed by atoms with E-state index in [2.05, 4.69) is 48.1 Å². The number of ether oxygens (including phenoxy) is 6. The maximum atomic E-state index is 16.1. The van der Waals surface area contributed by atoms with Gasteiger partial charge in [-0.3, -0.25) is 38.6 Å². The lowest BCUT2D eigenvalue weighted by molar-refractivity contribution is -0.139. The van der Waals surface area contributed by atoms with Crippen molar-refractivity contribution in [2.45, 2.75) is 52.6 Å². The SMILES string of the molecule is C=C(Cl)C(=O)OCCNC(=O)C(CC(C)C)N1C(=O)c2cc(Oc3cccc(C#N)c3)c3c4c(Oc5cccc(C#N)c5)cc5c6c(cc(Oc7cccc(C#N)c7)c(c7c(Oc8cccc(C#N)c8)cc(c2c37)C1=O)c64)C(=O)N(C(CC(C)C)C(=O)NCCOC(=O)C(=C)Cl)C5=O. The van der Waals surface area contributed by atoms with E-state index in [9.17, 15) is 40.2 Å². The first kappa shape index (κ1) is 67.1. The van der Waals surface area contributed by atoms with Gasteiger partial charge in [0.1, 0.15) is 81.4 Å². The Hall–Kier alpha value is -12.3. The fourth-order valence-electron chi connectivity index (χ4n) is 12.0. The molecule has 6 amide bonds. The lowest BCUT2D eigenvalue weighted by Gasteiger charge is -2.36. The molecule has 2 aliphatic rings. The first-order valence-corrected chi connectivity index (χ1v) is 31.2. The summed E-state index contributed by atoms with van der Waals surface area (Å²) in [7, 11) is 0. The van der Waals surface area contributed by atoms with Crippen molar-refractivity contribution < 1.29 is 66.8 Å². The minimum Gasteiger partial charge on any atom is -0.460 e. The highest BCUT2D eigenvalue weighted by Gasteiger charge is 2.46. The van der Waals surface area contributed by atoms with Crippen LogP contribution in [0.25, 0.3) is 43.1 Å². The molecule has 11 rings (SSSR count). The molecule has 488 valence electrons. The third-order valence-electron chi connectivity index (χ3n) is 16.1. The predicted octanol–water partition coefficient (Wildman–Crippen LogP) is 13.2. The van der Waals surface area contributed by atoms with E-state index < -0.39 is 69.5 Å². The van der Waals surface area contributed by atoms with Gasteiger partial charge >= 0.3 is 11.9 Å². The van der Waals surface area contributed by atoms with Crippen molar-refractivity contribution in [3.63, 3.8) is 0 Å². The number of amides is 6. The van der Waals surface area contributed by atoms with Gasteiger partial charge in [-0.05, 0) is 122 Å². The summed E-state index contributed by atoms with van der Waals surface area (Å²) in [5.41, 5.74) is -0.242. The Bertz CT molecular complexity index is 4570. The molecule has 0 saturated carbocycles. The van der Waals surface area contributed by atoms with Crippen molar-refractivity contribution in [1.82, 2.24) is 20.4 Å². The summed E-state index contributed by atoms with van der Waals surface area (Å²) in [4.78, 5) is 120. The molecule has 2 unspecified atom stereocenters. The topological polar surface area (TPSA) is 318 Å². The van der Waals surface area contributed by atoms with Crippen LogP contribution in [0.1, 0.15) is 104 Å². The van der Waals surface area contributed by atoms with Gasteiger partial charge in [0.15, 0.2) is 0 Å². The lowest BCUT2D eigenvalue weighted by Crippen LogP contribution is -2.54. The molecule has 0 fully saturated rings. The molecule has 0 aliphatic carbocycles. The number of rotatable bonds is 24. The third kappa shape index (κ3) is 13.0. The zero-order valence-corrected chi connectivity index (χ0v) is 54.2. The molecule has 0 aromatic heterocycles. The molecule has 2 atom stereocenters. The van der Waals surface area contributed by atoms with Gasteiger partial charge in [0.25, 0.3) is 23.6 Å². The molecule has 0 spiro atoms. The second-order valence-electron chi connectivity index (χ2n) is 23.6. The van der Waals surface area contributed by atoms with Gasteiger partial charge in [-0.1, -0.05) is 88.3 Å². The largest absolute Gasteiger partial charge is 0.460 e. The van der Waals surface area contributed by atoms with Crippen LogP contribution in [0.3, 0.4) is 0 Å². The average molecular weight is 1350 g/mol. The summed E-state index contributed by atoms with van der Waals surface area (Å²) in [6.07, 6.45) is -0.181. The van der Waals surface area contributed by atoms with Gasteiger partial charge in [0.2, 0.25) is 11.8 Å².